The highest BCUT2D eigenvalue weighted by atomic mass is 35.5. The van der Waals surface area contributed by atoms with E-state index in [1.807, 2.05) is 12.1 Å². The maximum Gasteiger partial charge on any atom is 0.0738 e. The van der Waals surface area contributed by atoms with Crippen molar-refractivity contribution in [1.82, 2.24) is 9.80 Å². The van der Waals surface area contributed by atoms with Gasteiger partial charge in [0.05, 0.1) is 5.60 Å². The highest BCUT2D eigenvalue weighted by Gasteiger charge is 2.51. The highest BCUT2D eigenvalue weighted by Crippen LogP contribution is 2.54. The van der Waals surface area contributed by atoms with Crippen LogP contribution in [0.2, 0.25) is 5.02 Å². The molecule has 27 heavy (non-hydrogen) atoms. The monoisotopic (exact) mass is 392 g/mol. The fourth-order valence-electron chi connectivity index (χ4n) is 5.98. The molecule has 2 aliphatic rings. The standard InChI is InChI=1S/C23H37ClN2O/c1-21(2)15-22(3,4)17-23(27,16-21)20(18-7-6-8-19(24)13-18)14-26-11-9-25(5)10-12-26/h6-8,13,20,27H,9-12,14-17H2,1-5H3. The quantitative estimate of drug-likeness (QED) is 0.808. The molecule has 1 N–H and O–H groups in total. The zero-order chi connectivity index (χ0) is 19.9. The Hall–Kier alpha value is -0.610. The predicted octanol–water partition coefficient (Wildman–Crippen LogP) is 4.64. The average molecular weight is 393 g/mol. The number of benzene rings is 1. The van der Waals surface area contributed by atoms with Crippen molar-refractivity contribution in [2.75, 3.05) is 39.8 Å². The molecule has 1 aliphatic heterocycles. The molecule has 152 valence electrons. The Bertz CT molecular complexity index is 634. The number of likely N-dealkylation sites (N-methyl/N-ethyl adjacent to an activating group) is 1. The van der Waals surface area contributed by atoms with Crippen LogP contribution in [0.15, 0.2) is 24.3 Å². The highest BCUT2D eigenvalue weighted by molar-refractivity contribution is 6.30. The predicted molar refractivity (Wildman–Crippen MR) is 114 cm³/mol. The molecule has 3 rings (SSSR count). The van der Waals surface area contributed by atoms with E-state index >= 15 is 0 Å². The maximum absolute atomic E-state index is 12.0. The van der Waals surface area contributed by atoms with E-state index in [1.165, 1.54) is 5.56 Å². The SMILES string of the molecule is CN1CCN(CC(c2cccc(Cl)c2)C2(O)CC(C)(C)CC(C)(C)C2)CC1. The Labute approximate surface area is 170 Å². The van der Waals surface area contributed by atoms with E-state index in [0.29, 0.717) is 0 Å². The summed E-state index contributed by atoms with van der Waals surface area (Å²) in [6, 6.07) is 8.17. The summed E-state index contributed by atoms with van der Waals surface area (Å²) in [4.78, 5) is 4.91. The van der Waals surface area contributed by atoms with Gasteiger partial charge < -0.3 is 14.9 Å². The Morgan fingerprint density at radius 2 is 1.59 bits per heavy atom. The van der Waals surface area contributed by atoms with Crippen LogP contribution in [0.3, 0.4) is 0 Å². The third-order valence-electron chi connectivity index (χ3n) is 6.46. The van der Waals surface area contributed by atoms with Gasteiger partial charge in [0, 0.05) is 43.7 Å². The summed E-state index contributed by atoms with van der Waals surface area (Å²) in [5, 5.41) is 12.8. The van der Waals surface area contributed by atoms with Gasteiger partial charge in [0.2, 0.25) is 0 Å². The smallest absolute Gasteiger partial charge is 0.0738 e. The van der Waals surface area contributed by atoms with Crippen LogP contribution in [0.5, 0.6) is 0 Å². The van der Waals surface area contributed by atoms with Crippen LogP contribution in [0.4, 0.5) is 0 Å². The minimum Gasteiger partial charge on any atom is -0.389 e. The Morgan fingerprint density at radius 1 is 1.00 bits per heavy atom. The van der Waals surface area contributed by atoms with Gasteiger partial charge in [-0.25, -0.2) is 0 Å². The van der Waals surface area contributed by atoms with Gasteiger partial charge >= 0.3 is 0 Å². The summed E-state index contributed by atoms with van der Waals surface area (Å²) in [6.45, 7) is 14.5. The largest absolute Gasteiger partial charge is 0.389 e. The molecule has 0 spiro atoms. The van der Waals surface area contributed by atoms with Crippen LogP contribution < -0.4 is 0 Å². The van der Waals surface area contributed by atoms with Gasteiger partial charge in [-0.2, -0.15) is 0 Å². The molecule has 1 aromatic carbocycles. The minimum absolute atomic E-state index is 0.0819. The molecule has 0 radical (unpaired) electrons. The van der Waals surface area contributed by atoms with Crippen molar-refractivity contribution in [2.24, 2.45) is 10.8 Å². The lowest BCUT2D eigenvalue weighted by molar-refractivity contribution is -0.108. The molecular weight excluding hydrogens is 356 g/mol. The summed E-state index contributed by atoms with van der Waals surface area (Å²) >= 11 is 6.35. The van der Waals surface area contributed by atoms with Gasteiger partial charge in [0.15, 0.2) is 0 Å². The fourth-order valence-corrected chi connectivity index (χ4v) is 6.18. The van der Waals surface area contributed by atoms with Gasteiger partial charge in [-0.15, -0.1) is 0 Å². The molecular formula is C23H37ClN2O. The van der Waals surface area contributed by atoms with Gasteiger partial charge in [-0.05, 0) is 54.8 Å². The number of piperazine rings is 1. The summed E-state index contributed by atoms with van der Waals surface area (Å²) in [5.74, 6) is 0.0819. The second kappa shape index (κ2) is 7.67. The van der Waals surface area contributed by atoms with Crippen molar-refractivity contribution in [2.45, 2.75) is 58.5 Å². The zero-order valence-corrected chi connectivity index (χ0v) is 18.5. The van der Waals surface area contributed by atoms with Crippen LogP contribution in [-0.4, -0.2) is 60.3 Å². The topological polar surface area (TPSA) is 26.7 Å². The van der Waals surface area contributed by atoms with E-state index in [2.05, 4.69) is 56.7 Å². The third-order valence-corrected chi connectivity index (χ3v) is 6.70. The van der Waals surface area contributed by atoms with Crippen LogP contribution in [-0.2, 0) is 0 Å². The molecule has 4 heteroatoms. The molecule has 1 aromatic rings. The molecule has 1 saturated heterocycles. The van der Waals surface area contributed by atoms with Crippen LogP contribution in [0, 0.1) is 10.8 Å². The van der Waals surface area contributed by atoms with Crippen LogP contribution in [0.25, 0.3) is 0 Å². The first-order chi connectivity index (χ1) is 12.5. The number of rotatable bonds is 4. The van der Waals surface area contributed by atoms with Gasteiger partial charge in [0.25, 0.3) is 0 Å². The number of nitrogens with zero attached hydrogens (tertiary/aromatic N) is 2. The van der Waals surface area contributed by atoms with Gasteiger partial charge in [-0.3, -0.25) is 0 Å². The molecule has 1 aliphatic carbocycles. The summed E-state index contributed by atoms with van der Waals surface area (Å²) in [5.41, 5.74) is 0.738. The van der Waals surface area contributed by atoms with E-state index in [9.17, 15) is 5.11 Å². The van der Waals surface area contributed by atoms with Crippen molar-refractivity contribution in [1.29, 1.82) is 0 Å². The molecule has 1 heterocycles. The number of halogens is 1. The molecule has 1 unspecified atom stereocenters. The first kappa shape index (κ1) is 21.1. The molecule has 1 saturated carbocycles. The first-order valence-corrected chi connectivity index (χ1v) is 10.7. The molecule has 0 amide bonds. The lowest BCUT2D eigenvalue weighted by Crippen LogP contribution is -2.54. The average Bonchev–Trinajstić information content (AvgIpc) is 2.50. The molecule has 1 atom stereocenters. The van der Waals surface area contributed by atoms with Crippen molar-refractivity contribution in [3.63, 3.8) is 0 Å². The van der Waals surface area contributed by atoms with Crippen molar-refractivity contribution < 1.29 is 5.11 Å². The number of hydrogen-bond donors (Lipinski definition) is 1. The minimum atomic E-state index is -0.709. The van der Waals surface area contributed by atoms with Crippen molar-refractivity contribution in [3.05, 3.63) is 34.9 Å². The second-order valence-electron chi connectivity index (χ2n) is 10.7. The Kier molecular flexibility index (Phi) is 5.99. The summed E-state index contributed by atoms with van der Waals surface area (Å²) in [6.07, 6.45) is 2.84. The van der Waals surface area contributed by atoms with E-state index in [-0.39, 0.29) is 16.7 Å². The van der Waals surface area contributed by atoms with Crippen LogP contribution >= 0.6 is 11.6 Å². The van der Waals surface area contributed by atoms with Gasteiger partial charge in [0.1, 0.15) is 0 Å². The van der Waals surface area contributed by atoms with E-state index in [0.717, 1.165) is 57.0 Å². The second-order valence-corrected chi connectivity index (χ2v) is 11.1. The molecule has 0 aromatic heterocycles. The van der Waals surface area contributed by atoms with E-state index in [1.54, 1.807) is 0 Å². The zero-order valence-electron chi connectivity index (χ0n) is 17.8. The first-order valence-electron chi connectivity index (χ1n) is 10.4. The lowest BCUT2D eigenvalue weighted by Gasteiger charge is -2.53. The van der Waals surface area contributed by atoms with Crippen molar-refractivity contribution >= 4 is 11.6 Å². The summed E-state index contributed by atoms with van der Waals surface area (Å²) in [7, 11) is 2.19. The molecule has 3 nitrogen and oxygen atoms in total. The van der Waals surface area contributed by atoms with E-state index in [4.69, 9.17) is 11.6 Å². The Morgan fingerprint density at radius 3 is 2.15 bits per heavy atom. The maximum atomic E-state index is 12.0. The summed E-state index contributed by atoms with van der Waals surface area (Å²) < 4.78 is 0. The van der Waals surface area contributed by atoms with Crippen molar-refractivity contribution in [3.8, 4) is 0 Å². The van der Waals surface area contributed by atoms with Gasteiger partial charge in [-0.1, -0.05) is 51.4 Å². The molecule has 2 fully saturated rings. The third kappa shape index (κ3) is 5.26. The number of hydrogen-bond acceptors (Lipinski definition) is 3. The Balaban J connectivity index is 1.93. The number of aliphatic hydroxyl groups is 1. The lowest BCUT2D eigenvalue weighted by atomic mass is 9.56. The van der Waals surface area contributed by atoms with E-state index < -0.39 is 5.60 Å². The van der Waals surface area contributed by atoms with Crippen LogP contribution in [0.1, 0.15) is 58.4 Å². The molecule has 0 bridgehead atoms. The normalized spacial score (nSPS) is 26.6. The fraction of sp³-hybridized carbons (Fsp3) is 0.739.